The van der Waals surface area contributed by atoms with E-state index in [0.717, 1.165) is 18.6 Å². The number of hydrogen-bond donors (Lipinski definition) is 1. The Kier molecular flexibility index (Phi) is 12.6. The molecule has 0 aromatic rings. The van der Waals surface area contributed by atoms with Gasteiger partial charge in [0.05, 0.1) is 0 Å². The lowest BCUT2D eigenvalue weighted by Gasteiger charge is -2.05. The molecular weight excluding hydrogens is 248 g/mol. The highest BCUT2D eigenvalue weighted by Crippen LogP contribution is 2.10. The Hall–Kier alpha value is -0.860. The number of hydrogen-bond acceptors (Lipinski definition) is 2. The number of nitrogens with zero attached hydrogens (tertiary/aromatic N) is 1. The van der Waals surface area contributed by atoms with Gasteiger partial charge in [-0.1, -0.05) is 72.1 Å². The zero-order valence-electron chi connectivity index (χ0n) is 14.0. The summed E-state index contributed by atoms with van der Waals surface area (Å²) in [5.74, 6) is 0.441. The molecule has 0 fully saturated rings. The lowest BCUT2D eigenvalue weighted by molar-refractivity contribution is -0.121. The maximum absolute atomic E-state index is 11.6. The van der Waals surface area contributed by atoms with E-state index in [4.69, 9.17) is 0 Å². The molecule has 0 heterocycles. The molecule has 0 rings (SSSR count). The fourth-order valence-corrected chi connectivity index (χ4v) is 1.93. The van der Waals surface area contributed by atoms with Gasteiger partial charge in [-0.25, -0.2) is 5.43 Å². The molecular formula is C17H34N2O. The average molecular weight is 282 g/mol. The van der Waals surface area contributed by atoms with Crippen LogP contribution in [0.2, 0.25) is 0 Å². The summed E-state index contributed by atoms with van der Waals surface area (Å²) in [6.07, 6.45) is 12.1. The summed E-state index contributed by atoms with van der Waals surface area (Å²) in [5.41, 5.74) is 3.62. The highest BCUT2D eigenvalue weighted by Gasteiger charge is 2.02. The maximum Gasteiger partial charge on any atom is 0.240 e. The Labute approximate surface area is 125 Å². The summed E-state index contributed by atoms with van der Waals surface area (Å²) in [7, 11) is 0. The molecule has 0 saturated carbocycles. The van der Waals surface area contributed by atoms with Crippen LogP contribution in [0.1, 0.15) is 91.9 Å². The van der Waals surface area contributed by atoms with Crippen LogP contribution in [0, 0.1) is 5.92 Å². The predicted molar refractivity (Wildman–Crippen MR) is 87.9 cm³/mol. The molecule has 20 heavy (non-hydrogen) atoms. The van der Waals surface area contributed by atoms with Gasteiger partial charge in [0, 0.05) is 12.1 Å². The number of rotatable bonds is 12. The van der Waals surface area contributed by atoms with Gasteiger partial charge in [-0.2, -0.15) is 5.10 Å². The van der Waals surface area contributed by atoms with E-state index in [1.807, 2.05) is 6.92 Å². The van der Waals surface area contributed by atoms with E-state index in [1.54, 1.807) is 0 Å². The third-order valence-corrected chi connectivity index (χ3v) is 3.70. The zero-order chi connectivity index (χ0) is 15.2. The normalized spacial score (nSPS) is 11.9. The van der Waals surface area contributed by atoms with Crippen LogP contribution in [0.3, 0.4) is 0 Å². The summed E-state index contributed by atoms with van der Waals surface area (Å²) in [4.78, 5) is 11.6. The molecule has 0 aliphatic heterocycles. The number of amides is 1. The highest BCUT2D eigenvalue weighted by atomic mass is 16.2. The molecule has 0 aliphatic carbocycles. The van der Waals surface area contributed by atoms with Gasteiger partial charge < -0.3 is 0 Å². The molecule has 3 heteroatoms. The fourth-order valence-electron chi connectivity index (χ4n) is 1.93. The molecule has 0 spiro atoms. The minimum atomic E-state index is 0.0490. The first-order valence-electron chi connectivity index (χ1n) is 8.41. The van der Waals surface area contributed by atoms with Gasteiger partial charge in [0.1, 0.15) is 0 Å². The summed E-state index contributed by atoms with van der Waals surface area (Å²) in [5, 5.41) is 4.10. The van der Waals surface area contributed by atoms with Gasteiger partial charge >= 0.3 is 0 Å². The number of nitrogens with one attached hydrogen (secondary N) is 1. The molecule has 0 atom stereocenters. The molecule has 0 aliphatic rings. The Morgan fingerprint density at radius 2 is 1.45 bits per heavy atom. The van der Waals surface area contributed by atoms with E-state index in [1.165, 1.54) is 44.9 Å². The summed E-state index contributed by atoms with van der Waals surface area (Å²) in [6, 6.07) is 0. The SMILES string of the molecule is CCCCCCCCCCCC(=O)N/N=C(\C)C(C)C. The van der Waals surface area contributed by atoms with Crippen LogP contribution in [-0.4, -0.2) is 11.6 Å². The van der Waals surface area contributed by atoms with Crippen LogP contribution in [0.15, 0.2) is 5.10 Å². The molecule has 0 aromatic heterocycles. The van der Waals surface area contributed by atoms with E-state index in [2.05, 4.69) is 31.3 Å². The van der Waals surface area contributed by atoms with Crippen LogP contribution < -0.4 is 5.43 Å². The third-order valence-electron chi connectivity index (χ3n) is 3.70. The van der Waals surface area contributed by atoms with Gasteiger partial charge in [-0.15, -0.1) is 0 Å². The van der Waals surface area contributed by atoms with E-state index >= 15 is 0 Å². The molecule has 1 N–H and O–H groups in total. The standard InChI is InChI=1S/C17H34N2O/c1-5-6-7-8-9-10-11-12-13-14-17(20)19-18-16(4)15(2)3/h15H,5-14H2,1-4H3,(H,19,20)/b18-16+. The Morgan fingerprint density at radius 1 is 0.950 bits per heavy atom. The van der Waals surface area contributed by atoms with Crippen molar-refractivity contribution in [3.05, 3.63) is 0 Å². The van der Waals surface area contributed by atoms with Crippen LogP contribution in [0.4, 0.5) is 0 Å². The van der Waals surface area contributed by atoms with Crippen molar-refractivity contribution in [2.24, 2.45) is 11.0 Å². The van der Waals surface area contributed by atoms with E-state index < -0.39 is 0 Å². The highest BCUT2D eigenvalue weighted by molar-refractivity contribution is 5.85. The van der Waals surface area contributed by atoms with Crippen LogP contribution >= 0.6 is 0 Å². The summed E-state index contributed by atoms with van der Waals surface area (Å²) >= 11 is 0. The van der Waals surface area contributed by atoms with Gasteiger partial charge in [0.2, 0.25) is 5.91 Å². The quantitative estimate of drug-likeness (QED) is 0.303. The molecule has 0 saturated heterocycles. The summed E-state index contributed by atoms with van der Waals surface area (Å²) < 4.78 is 0. The number of carbonyl (C=O) groups is 1. The van der Waals surface area contributed by atoms with Crippen LogP contribution in [-0.2, 0) is 4.79 Å². The van der Waals surface area contributed by atoms with Gasteiger partial charge in [-0.3, -0.25) is 4.79 Å². The maximum atomic E-state index is 11.6. The molecule has 0 radical (unpaired) electrons. The zero-order valence-corrected chi connectivity index (χ0v) is 14.0. The lowest BCUT2D eigenvalue weighted by atomic mass is 10.1. The lowest BCUT2D eigenvalue weighted by Crippen LogP contribution is -2.19. The van der Waals surface area contributed by atoms with Crippen LogP contribution in [0.25, 0.3) is 0 Å². The molecule has 0 unspecified atom stereocenters. The first-order chi connectivity index (χ1) is 9.57. The monoisotopic (exact) mass is 282 g/mol. The number of hydrazone groups is 1. The van der Waals surface area contributed by atoms with Crippen molar-refractivity contribution in [3.63, 3.8) is 0 Å². The van der Waals surface area contributed by atoms with E-state index in [0.29, 0.717) is 12.3 Å². The molecule has 0 bridgehead atoms. The largest absolute Gasteiger partial charge is 0.273 e. The van der Waals surface area contributed by atoms with Crippen molar-refractivity contribution in [1.29, 1.82) is 0 Å². The van der Waals surface area contributed by atoms with E-state index in [-0.39, 0.29) is 5.91 Å². The topological polar surface area (TPSA) is 41.5 Å². The molecule has 3 nitrogen and oxygen atoms in total. The molecule has 1 amide bonds. The second kappa shape index (κ2) is 13.1. The Bertz CT molecular complexity index is 272. The second-order valence-corrected chi connectivity index (χ2v) is 6.02. The van der Waals surface area contributed by atoms with Gasteiger partial charge in [0.25, 0.3) is 0 Å². The number of unbranched alkanes of at least 4 members (excludes halogenated alkanes) is 8. The van der Waals surface area contributed by atoms with Crippen molar-refractivity contribution in [2.75, 3.05) is 0 Å². The molecule has 0 aromatic carbocycles. The van der Waals surface area contributed by atoms with Crippen molar-refractivity contribution in [1.82, 2.24) is 5.43 Å². The van der Waals surface area contributed by atoms with Gasteiger partial charge in [0.15, 0.2) is 0 Å². The van der Waals surface area contributed by atoms with Crippen molar-refractivity contribution in [2.45, 2.75) is 91.9 Å². The summed E-state index contributed by atoms with van der Waals surface area (Å²) in [6.45, 7) is 8.35. The van der Waals surface area contributed by atoms with Crippen molar-refractivity contribution >= 4 is 11.6 Å². The predicted octanol–water partition coefficient (Wildman–Crippen LogP) is 5.06. The Balaban J connectivity index is 3.38. The Morgan fingerprint density at radius 3 is 1.95 bits per heavy atom. The molecule has 118 valence electrons. The smallest absolute Gasteiger partial charge is 0.240 e. The van der Waals surface area contributed by atoms with Gasteiger partial charge in [-0.05, 0) is 19.3 Å². The van der Waals surface area contributed by atoms with Crippen molar-refractivity contribution in [3.8, 4) is 0 Å². The number of carbonyl (C=O) groups excluding carboxylic acids is 1. The first-order valence-corrected chi connectivity index (χ1v) is 8.41. The first kappa shape index (κ1) is 19.1. The van der Waals surface area contributed by atoms with Crippen LogP contribution in [0.5, 0.6) is 0 Å². The van der Waals surface area contributed by atoms with Crippen molar-refractivity contribution < 1.29 is 4.79 Å². The van der Waals surface area contributed by atoms with E-state index in [9.17, 15) is 4.79 Å². The third kappa shape index (κ3) is 12.2. The minimum Gasteiger partial charge on any atom is -0.273 e. The average Bonchev–Trinajstić information content (AvgIpc) is 2.42. The minimum absolute atomic E-state index is 0.0490. The second-order valence-electron chi connectivity index (χ2n) is 6.02. The fraction of sp³-hybridized carbons (Fsp3) is 0.882.